The van der Waals surface area contributed by atoms with Crippen LogP contribution in [0.1, 0.15) is 37.0 Å². The molecule has 0 aliphatic carbocycles. The number of hydrogen-bond donors (Lipinski definition) is 1. The maximum atomic E-state index is 12.1. The number of amides is 1. The summed E-state index contributed by atoms with van der Waals surface area (Å²) in [4.78, 5) is 12.1. The van der Waals surface area contributed by atoms with Gasteiger partial charge in [0, 0.05) is 10.9 Å². The summed E-state index contributed by atoms with van der Waals surface area (Å²) in [6.07, 6.45) is 1.71. The highest BCUT2D eigenvalue weighted by atomic mass is 79.9. The number of carbonyl (C=O) groups excluding carboxylic acids is 1. The smallest absolute Gasteiger partial charge is 0.254 e. The Balaban J connectivity index is 2.88. The van der Waals surface area contributed by atoms with Gasteiger partial charge >= 0.3 is 0 Å². The lowest BCUT2D eigenvalue weighted by atomic mass is 9.95. The minimum Gasteiger partial charge on any atom is -0.346 e. The van der Waals surface area contributed by atoms with Crippen LogP contribution >= 0.6 is 50.5 Å². The first-order valence-corrected chi connectivity index (χ1v) is 8.00. The van der Waals surface area contributed by atoms with Crippen LogP contribution in [0.2, 0.25) is 8.67 Å². The second-order valence-corrected chi connectivity index (χ2v) is 6.66. The zero-order valence-corrected chi connectivity index (χ0v) is 13.6. The highest BCUT2D eigenvalue weighted by molar-refractivity contribution is 9.09. The molecule has 0 fully saturated rings. The van der Waals surface area contributed by atoms with Gasteiger partial charge in [0.1, 0.15) is 4.34 Å². The molecule has 0 spiro atoms. The normalized spacial score (nSPS) is 11.6. The fraction of sp³-hybridized carbons (Fsp3) is 0.545. The molecule has 17 heavy (non-hydrogen) atoms. The van der Waals surface area contributed by atoms with Crippen LogP contribution in [0.15, 0.2) is 6.07 Å². The second kappa shape index (κ2) is 6.41. The average molecular weight is 359 g/mol. The Morgan fingerprint density at radius 1 is 1.47 bits per heavy atom. The van der Waals surface area contributed by atoms with Crippen LogP contribution in [0.25, 0.3) is 0 Å². The monoisotopic (exact) mass is 357 g/mol. The van der Waals surface area contributed by atoms with Gasteiger partial charge in [0.05, 0.1) is 9.90 Å². The van der Waals surface area contributed by atoms with E-state index in [1.165, 1.54) is 11.3 Å². The zero-order chi connectivity index (χ0) is 13.1. The van der Waals surface area contributed by atoms with E-state index in [0.717, 1.165) is 12.8 Å². The molecule has 0 saturated heterocycles. The van der Waals surface area contributed by atoms with E-state index in [4.69, 9.17) is 23.2 Å². The van der Waals surface area contributed by atoms with Crippen molar-refractivity contribution in [3.8, 4) is 0 Å². The summed E-state index contributed by atoms with van der Waals surface area (Å²) in [5.41, 5.74) is 0.225. The standard InChI is InChI=1S/C11H14BrCl2NOS/c1-3-11(4-2,6-12)15-10(16)7-5-8(13)17-9(7)14/h5H,3-4,6H2,1-2H3,(H,15,16). The van der Waals surface area contributed by atoms with Crippen molar-refractivity contribution in [2.45, 2.75) is 32.2 Å². The van der Waals surface area contributed by atoms with Gasteiger partial charge in [-0.05, 0) is 18.9 Å². The van der Waals surface area contributed by atoms with E-state index in [-0.39, 0.29) is 11.4 Å². The Bertz CT molecular complexity index is 396. The Morgan fingerprint density at radius 2 is 2.06 bits per heavy atom. The second-order valence-electron chi connectivity index (χ2n) is 3.81. The van der Waals surface area contributed by atoms with Crippen LogP contribution < -0.4 is 5.32 Å². The summed E-state index contributed by atoms with van der Waals surface area (Å²) in [7, 11) is 0. The lowest BCUT2D eigenvalue weighted by Crippen LogP contribution is -2.49. The molecule has 1 N–H and O–H groups in total. The Hall–Kier alpha value is 0.230. The van der Waals surface area contributed by atoms with Gasteiger partial charge in [0.15, 0.2) is 0 Å². The lowest BCUT2D eigenvalue weighted by molar-refractivity contribution is 0.0904. The van der Waals surface area contributed by atoms with E-state index < -0.39 is 0 Å². The number of nitrogens with one attached hydrogen (secondary N) is 1. The van der Waals surface area contributed by atoms with E-state index in [1.807, 2.05) is 13.8 Å². The lowest BCUT2D eigenvalue weighted by Gasteiger charge is -2.30. The van der Waals surface area contributed by atoms with Crippen molar-refractivity contribution in [3.63, 3.8) is 0 Å². The minimum absolute atomic E-state index is 0.165. The third kappa shape index (κ3) is 3.60. The first-order valence-electron chi connectivity index (χ1n) is 5.31. The van der Waals surface area contributed by atoms with Gasteiger partial charge in [-0.3, -0.25) is 4.79 Å². The largest absolute Gasteiger partial charge is 0.346 e. The molecule has 96 valence electrons. The molecule has 6 heteroatoms. The third-order valence-electron chi connectivity index (χ3n) is 2.89. The fourth-order valence-electron chi connectivity index (χ4n) is 1.45. The molecule has 0 aliphatic rings. The predicted octanol–water partition coefficient (Wildman–Crippen LogP) is 4.74. The molecule has 0 aliphatic heterocycles. The van der Waals surface area contributed by atoms with Gasteiger partial charge in [-0.25, -0.2) is 0 Å². The van der Waals surface area contributed by atoms with Gasteiger partial charge in [-0.15, -0.1) is 11.3 Å². The van der Waals surface area contributed by atoms with Crippen LogP contribution in [0, 0.1) is 0 Å². The minimum atomic E-state index is -0.227. The van der Waals surface area contributed by atoms with Crippen LogP contribution in [-0.4, -0.2) is 16.8 Å². The first kappa shape index (κ1) is 15.3. The van der Waals surface area contributed by atoms with Gasteiger partial charge in [0.2, 0.25) is 0 Å². The number of halogens is 3. The molecule has 0 aromatic carbocycles. The highest BCUT2D eigenvalue weighted by Crippen LogP contribution is 2.31. The SMILES string of the molecule is CCC(CC)(CBr)NC(=O)c1cc(Cl)sc1Cl. The van der Waals surface area contributed by atoms with Crippen molar-refractivity contribution in [1.29, 1.82) is 0 Å². The summed E-state index contributed by atoms with van der Waals surface area (Å²) < 4.78 is 0.959. The van der Waals surface area contributed by atoms with Gasteiger partial charge in [-0.1, -0.05) is 53.0 Å². The van der Waals surface area contributed by atoms with Crippen LogP contribution in [0.5, 0.6) is 0 Å². The molecule has 0 bridgehead atoms. The molecule has 0 atom stereocenters. The molecule has 0 radical (unpaired) electrons. The molecule has 2 nitrogen and oxygen atoms in total. The molecule has 0 unspecified atom stereocenters. The van der Waals surface area contributed by atoms with Crippen molar-refractivity contribution < 1.29 is 4.79 Å². The van der Waals surface area contributed by atoms with E-state index in [0.29, 0.717) is 19.6 Å². The van der Waals surface area contributed by atoms with Crippen molar-refractivity contribution >= 4 is 56.4 Å². The molecule has 1 rings (SSSR count). The van der Waals surface area contributed by atoms with Crippen LogP contribution in [0.3, 0.4) is 0 Å². The molecule has 1 amide bonds. The van der Waals surface area contributed by atoms with Crippen molar-refractivity contribution in [2.75, 3.05) is 5.33 Å². The summed E-state index contributed by atoms with van der Waals surface area (Å²) in [5.74, 6) is -0.165. The quantitative estimate of drug-likeness (QED) is 0.757. The number of hydrogen-bond acceptors (Lipinski definition) is 2. The molecule has 1 aromatic rings. The van der Waals surface area contributed by atoms with Gasteiger partial charge in [0.25, 0.3) is 5.91 Å². The Morgan fingerprint density at radius 3 is 2.41 bits per heavy atom. The number of alkyl halides is 1. The zero-order valence-electron chi connectivity index (χ0n) is 9.65. The van der Waals surface area contributed by atoms with E-state index in [2.05, 4.69) is 21.2 Å². The summed E-state index contributed by atoms with van der Waals surface area (Å²) >= 11 is 16.4. The van der Waals surface area contributed by atoms with Crippen LogP contribution in [0.4, 0.5) is 0 Å². The van der Waals surface area contributed by atoms with Gasteiger partial charge < -0.3 is 5.32 Å². The highest BCUT2D eigenvalue weighted by Gasteiger charge is 2.28. The van der Waals surface area contributed by atoms with E-state index >= 15 is 0 Å². The first-order chi connectivity index (χ1) is 7.98. The summed E-state index contributed by atoms with van der Waals surface area (Å²) in [6, 6.07) is 1.61. The number of rotatable bonds is 5. The average Bonchev–Trinajstić information content (AvgIpc) is 2.65. The predicted molar refractivity (Wildman–Crippen MR) is 78.9 cm³/mol. The molecule has 0 saturated carbocycles. The molecule has 1 heterocycles. The number of carbonyl (C=O) groups is 1. The Kier molecular flexibility index (Phi) is 5.77. The van der Waals surface area contributed by atoms with E-state index in [1.54, 1.807) is 6.07 Å². The van der Waals surface area contributed by atoms with Crippen molar-refractivity contribution in [1.82, 2.24) is 5.32 Å². The topological polar surface area (TPSA) is 29.1 Å². The maximum Gasteiger partial charge on any atom is 0.254 e. The third-order valence-corrected chi connectivity index (χ3v) is 5.45. The van der Waals surface area contributed by atoms with E-state index in [9.17, 15) is 4.79 Å². The van der Waals surface area contributed by atoms with Gasteiger partial charge in [-0.2, -0.15) is 0 Å². The van der Waals surface area contributed by atoms with Crippen LogP contribution in [-0.2, 0) is 0 Å². The maximum absolute atomic E-state index is 12.1. The Labute approximate surface area is 124 Å². The van der Waals surface area contributed by atoms with Crippen molar-refractivity contribution in [3.05, 3.63) is 20.3 Å². The summed E-state index contributed by atoms with van der Waals surface area (Å²) in [5, 5.41) is 3.74. The van der Waals surface area contributed by atoms with Crippen molar-refractivity contribution in [2.24, 2.45) is 0 Å². The number of thiophene rings is 1. The molecular weight excluding hydrogens is 345 g/mol. The summed E-state index contributed by atoms with van der Waals surface area (Å²) in [6.45, 7) is 4.10. The molecule has 1 aromatic heterocycles. The fourth-order valence-corrected chi connectivity index (χ4v) is 3.84. The molecular formula is C11H14BrCl2NOS.